The van der Waals surface area contributed by atoms with E-state index in [1.807, 2.05) is 41.3 Å². The molecule has 0 saturated heterocycles. The predicted molar refractivity (Wildman–Crippen MR) is 83.2 cm³/mol. The molecule has 2 rings (SSSR count). The van der Waals surface area contributed by atoms with Gasteiger partial charge in [0.05, 0.1) is 13.5 Å². The summed E-state index contributed by atoms with van der Waals surface area (Å²) < 4.78 is 32.2. The topological polar surface area (TPSA) is 77.7 Å². The van der Waals surface area contributed by atoms with Gasteiger partial charge in [0.2, 0.25) is 0 Å². The molecule has 0 aliphatic heterocycles. The molecule has 0 N–H and O–H groups in total. The van der Waals surface area contributed by atoms with E-state index < -0.39 is 16.5 Å². The average Bonchev–Trinajstić information content (AvgIpc) is 3.11. The normalized spacial score (nSPS) is 11.9. The van der Waals surface area contributed by atoms with Crippen LogP contribution in [0.4, 0.5) is 0 Å². The van der Waals surface area contributed by atoms with E-state index >= 15 is 0 Å². The molecule has 1 atom stereocenters. The summed E-state index contributed by atoms with van der Waals surface area (Å²) in [6.07, 6.45) is 0.632. The first-order chi connectivity index (χ1) is 10.5. The minimum absolute atomic E-state index is 0.182. The van der Waals surface area contributed by atoms with Crippen molar-refractivity contribution in [1.29, 1.82) is 0 Å². The van der Waals surface area contributed by atoms with E-state index in [9.17, 15) is 13.2 Å². The number of carbonyl (C=O) groups excluding carboxylic acids is 1. The summed E-state index contributed by atoms with van der Waals surface area (Å²) in [5.74, 6) is -0.312. The lowest BCUT2D eigenvalue weighted by Gasteiger charge is -2.11. The number of hydrogen-bond donors (Lipinski definition) is 0. The van der Waals surface area contributed by atoms with E-state index in [1.165, 1.54) is 18.4 Å². The molecule has 22 heavy (non-hydrogen) atoms. The molecule has 0 radical (unpaired) electrons. The van der Waals surface area contributed by atoms with E-state index in [4.69, 9.17) is 0 Å². The third-order valence-electron chi connectivity index (χ3n) is 3.37. The molecule has 0 fully saturated rings. The van der Waals surface area contributed by atoms with Crippen molar-refractivity contribution in [3.8, 4) is 0 Å². The van der Waals surface area contributed by atoms with Gasteiger partial charge in [-0.3, -0.25) is 4.79 Å². The Labute approximate surface area is 134 Å². The molecular formula is C14H16N2O4S2. The van der Waals surface area contributed by atoms with Gasteiger partial charge in [0.15, 0.2) is 0 Å². The third-order valence-corrected chi connectivity index (χ3v) is 4.77. The third kappa shape index (κ3) is 4.05. The van der Waals surface area contributed by atoms with Crippen molar-refractivity contribution in [3.05, 3.63) is 45.9 Å². The largest absolute Gasteiger partial charge is 0.469 e. The lowest BCUT2D eigenvalue weighted by Crippen LogP contribution is -2.10. The Hall–Kier alpha value is -1.93. The lowest BCUT2D eigenvalue weighted by atomic mass is 10.1. The van der Waals surface area contributed by atoms with E-state index in [0.717, 1.165) is 16.3 Å². The maximum atomic E-state index is 11.4. The van der Waals surface area contributed by atoms with Crippen molar-refractivity contribution in [2.45, 2.75) is 18.9 Å². The summed E-state index contributed by atoms with van der Waals surface area (Å²) in [4.78, 5) is 12.3. The summed E-state index contributed by atoms with van der Waals surface area (Å²) >= 11 is 1.47. The van der Waals surface area contributed by atoms with Crippen LogP contribution in [0, 0.1) is 0 Å². The molecule has 2 aromatic heterocycles. The fraction of sp³-hybridized carbons (Fsp3) is 0.357. The number of rotatable bonds is 6. The highest BCUT2D eigenvalue weighted by atomic mass is 32.2. The van der Waals surface area contributed by atoms with Crippen LogP contribution in [0.2, 0.25) is 0 Å². The van der Waals surface area contributed by atoms with Gasteiger partial charge in [0, 0.05) is 29.7 Å². The Morgan fingerprint density at radius 1 is 1.36 bits per heavy atom. The Kier molecular flexibility index (Phi) is 5.51. The standard InChI is InChI=1S/C14H16N2O4S2/c1-16-10(5-6-11(16)9-14(17)20-2)8-12(15-22(18)19)13-4-3-7-21-13/h3-7,12H,8-9H2,1-2H3. The second-order valence-electron chi connectivity index (χ2n) is 4.69. The number of esters is 1. The van der Waals surface area contributed by atoms with E-state index in [1.54, 1.807) is 0 Å². The van der Waals surface area contributed by atoms with Gasteiger partial charge < -0.3 is 9.30 Å². The van der Waals surface area contributed by atoms with Crippen molar-refractivity contribution >= 4 is 27.8 Å². The number of aromatic nitrogens is 1. The zero-order valence-corrected chi connectivity index (χ0v) is 13.9. The number of nitrogens with zero attached hydrogens (tertiary/aromatic N) is 2. The number of methoxy groups -OCH3 is 1. The first kappa shape index (κ1) is 16.4. The highest BCUT2D eigenvalue weighted by Crippen LogP contribution is 2.27. The molecule has 8 heteroatoms. The van der Waals surface area contributed by atoms with Crippen molar-refractivity contribution in [2.75, 3.05) is 7.11 Å². The maximum absolute atomic E-state index is 11.4. The molecular weight excluding hydrogens is 324 g/mol. The Morgan fingerprint density at radius 2 is 2.09 bits per heavy atom. The first-order valence-corrected chi connectivity index (χ1v) is 8.46. The Morgan fingerprint density at radius 3 is 2.68 bits per heavy atom. The van der Waals surface area contributed by atoms with E-state index in [2.05, 4.69) is 9.10 Å². The molecule has 0 spiro atoms. The van der Waals surface area contributed by atoms with Crippen LogP contribution in [0.1, 0.15) is 22.3 Å². The molecule has 0 aliphatic rings. The summed E-state index contributed by atoms with van der Waals surface area (Å²) in [6, 6.07) is 7.00. The van der Waals surface area contributed by atoms with Crippen LogP contribution in [0.25, 0.3) is 0 Å². The second-order valence-corrected chi connectivity index (χ2v) is 6.31. The van der Waals surface area contributed by atoms with Gasteiger partial charge in [-0.15, -0.1) is 11.3 Å². The molecule has 2 aromatic rings. The van der Waals surface area contributed by atoms with E-state index in [0.29, 0.717) is 6.42 Å². The molecule has 6 nitrogen and oxygen atoms in total. The monoisotopic (exact) mass is 340 g/mol. The van der Waals surface area contributed by atoms with Gasteiger partial charge in [0.25, 0.3) is 0 Å². The summed E-state index contributed by atoms with van der Waals surface area (Å²) in [5.41, 5.74) is 1.72. The van der Waals surface area contributed by atoms with Crippen molar-refractivity contribution in [1.82, 2.24) is 4.57 Å². The van der Waals surface area contributed by atoms with Crippen LogP contribution in [0.15, 0.2) is 34.0 Å². The van der Waals surface area contributed by atoms with Gasteiger partial charge in [0.1, 0.15) is 6.04 Å². The van der Waals surface area contributed by atoms with Gasteiger partial charge in [-0.25, -0.2) is 0 Å². The zero-order valence-electron chi connectivity index (χ0n) is 12.2. The number of hydrogen-bond acceptors (Lipinski definition) is 6. The smallest absolute Gasteiger partial charge is 0.311 e. The van der Waals surface area contributed by atoms with Crippen molar-refractivity contribution in [2.24, 2.45) is 11.4 Å². The van der Waals surface area contributed by atoms with Crippen LogP contribution in [-0.4, -0.2) is 26.1 Å². The van der Waals surface area contributed by atoms with Crippen LogP contribution >= 0.6 is 11.3 Å². The van der Waals surface area contributed by atoms with Crippen LogP contribution in [0.5, 0.6) is 0 Å². The quantitative estimate of drug-likeness (QED) is 0.755. The van der Waals surface area contributed by atoms with E-state index in [-0.39, 0.29) is 12.4 Å². The summed E-state index contributed by atoms with van der Waals surface area (Å²) in [7, 11) is 0.723. The molecule has 118 valence electrons. The molecule has 0 aliphatic carbocycles. The predicted octanol–water partition coefficient (Wildman–Crippen LogP) is 2.15. The van der Waals surface area contributed by atoms with Gasteiger partial charge in [-0.05, 0) is 23.6 Å². The number of carbonyl (C=O) groups is 1. The minimum atomic E-state index is -2.47. The molecule has 0 amide bonds. The SMILES string of the molecule is COC(=O)Cc1ccc(CC(N=S(=O)=O)c2cccs2)n1C. The maximum Gasteiger partial charge on any atom is 0.311 e. The summed E-state index contributed by atoms with van der Waals surface area (Å²) in [6.45, 7) is 0. The van der Waals surface area contributed by atoms with Crippen molar-refractivity contribution < 1.29 is 17.9 Å². The molecule has 0 saturated carbocycles. The number of thiophene rings is 1. The summed E-state index contributed by atoms with van der Waals surface area (Å²) in [5, 5.41) is 1.89. The van der Waals surface area contributed by atoms with Crippen LogP contribution < -0.4 is 0 Å². The molecule has 1 unspecified atom stereocenters. The van der Waals surface area contributed by atoms with Gasteiger partial charge in [-0.2, -0.15) is 12.8 Å². The van der Waals surface area contributed by atoms with Crippen LogP contribution in [0.3, 0.4) is 0 Å². The number of ether oxygens (including phenoxy) is 1. The van der Waals surface area contributed by atoms with Crippen LogP contribution in [-0.2, 0) is 39.9 Å². The highest BCUT2D eigenvalue weighted by molar-refractivity contribution is 7.61. The lowest BCUT2D eigenvalue weighted by molar-refractivity contribution is -0.139. The Balaban J connectivity index is 2.24. The second kappa shape index (κ2) is 7.37. The minimum Gasteiger partial charge on any atom is -0.469 e. The first-order valence-electron chi connectivity index (χ1n) is 6.55. The van der Waals surface area contributed by atoms with Gasteiger partial charge >= 0.3 is 16.5 Å². The highest BCUT2D eigenvalue weighted by Gasteiger charge is 2.17. The average molecular weight is 340 g/mol. The molecule has 0 aromatic carbocycles. The fourth-order valence-electron chi connectivity index (χ4n) is 2.18. The molecule has 0 bridgehead atoms. The van der Waals surface area contributed by atoms with Crippen molar-refractivity contribution in [3.63, 3.8) is 0 Å². The fourth-order valence-corrected chi connectivity index (χ4v) is 3.40. The zero-order chi connectivity index (χ0) is 16.1. The molecule has 2 heterocycles. The van der Waals surface area contributed by atoms with Gasteiger partial charge in [-0.1, -0.05) is 6.07 Å². The Bertz CT molecular complexity index is 768.